The van der Waals surface area contributed by atoms with E-state index in [1.54, 1.807) is 12.1 Å². The van der Waals surface area contributed by atoms with Gasteiger partial charge in [0, 0.05) is 11.8 Å². The van der Waals surface area contributed by atoms with Gasteiger partial charge in [-0.15, -0.1) is 0 Å². The second-order valence-corrected chi connectivity index (χ2v) is 5.07. The van der Waals surface area contributed by atoms with E-state index >= 15 is 0 Å². The number of rotatable bonds is 5. The van der Waals surface area contributed by atoms with Gasteiger partial charge in [0.25, 0.3) is 0 Å². The van der Waals surface area contributed by atoms with E-state index in [0.717, 1.165) is 24.8 Å². The third kappa shape index (κ3) is 4.23. The van der Waals surface area contributed by atoms with Gasteiger partial charge in [0.05, 0.1) is 0 Å². The second-order valence-electron chi connectivity index (χ2n) is 3.66. The molecule has 0 aromatic heterocycles. The van der Waals surface area contributed by atoms with Crippen molar-refractivity contribution < 1.29 is 14.6 Å². The van der Waals surface area contributed by atoms with Gasteiger partial charge in [-0.2, -0.15) is 0 Å². The van der Waals surface area contributed by atoms with Crippen LogP contribution in [-0.4, -0.2) is 5.11 Å². The molecule has 16 heavy (non-hydrogen) atoms. The van der Waals surface area contributed by atoms with Crippen molar-refractivity contribution in [1.29, 1.82) is 0 Å². The van der Waals surface area contributed by atoms with Crippen molar-refractivity contribution in [3.63, 3.8) is 0 Å². The molecule has 1 aromatic carbocycles. The molecule has 0 saturated carbocycles. The summed E-state index contributed by atoms with van der Waals surface area (Å²) in [5.41, 5.74) is 5.93. The Morgan fingerprint density at radius 1 is 1.56 bits per heavy atom. The number of anilines is 1. The average Bonchev–Trinajstić information content (AvgIpc) is 2.14. The minimum absolute atomic E-state index is 0.0897. The predicted octanol–water partition coefficient (Wildman–Crippen LogP) is 1.57. The van der Waals surface area contributed by atoms with Crippen LogP contribution in [0.15, 0.2) is 18.2 Å². The van der Waals surface area contributed by atoms with Gasteiger partial charge in [0.2, 0.25) is 0 Å². The van der Waals surface area contributed by atoms with Crippen molar-refractivity contribution in [2.75, 3.05) is 5.09 Å². The summed E-state index contributed by atoms with van der Waals surface area (Å²) >= 11 is 0. The third-order valence-corrected chi connectivity index (χ3v) is 2.74. The van der Waals surface area contributed by atoms with E-state index in [0.29, 0.717) is 0 Å². The first-order valence-corrected chi connectivity index (χ1v) is 6.81. The summed E-state index contributed by atoms with van der Waals surface area (Å²) in [4.78, 5) is 10.8. The molecule has 0 saturated heterocycles. The molecule has 0 aliphatic carbocycles. The first-order chi connectivity index (χ1) is 7.42. The third-order valence-electron chi connectivity index (χ3n) is 2.17. The van der Waals surface area contributed by atoms with Crippen molar-refractivity contribution >= 4 is 13.4 Å². The van der Waals surface area contributed by atoms with Crippen LogP contribution in [0.5, 0.6) is 5.75 Å². The number of unbranched alkanes of at least 4 members (excludes halogenated alkanes) is 1. The maximum absolute atomic E-state index is 10.8. The van der Waals surface area contributed by atoms with Crippen LogP contribution < -0.4 is 15.5 Å². The number of nitrogens with one attached hydrogen (secondary N) is 1. The summed E-state index contributed by atoms with van der Waals surface area (Å²) in [6.45, 7) is 2.06. The first-order valence-electron chi connectivity index (χ1n) is 5.12. The summed E-state index contributed by atoms with van der Waals surface area (Å²) in [5, 5.41) is 11.8. The number of phenols is 1. The first kappa shape index (κ1) is 13.0. The molecule has 0 heterocycles. The van der Waals surface area contributed by atoms with Crippen LogP contribution in [0, 0.1) is 0 Å². The van der Waals surface area contributed by atoms with Crippen molar-refractivity contribution in [1.82, 2.24) is 0 Å². The van der Waals surface area contributed by atoms with Gasteiger partial charge in [-0.05, 0) is 24.5 Å². The van der Waals surface area contributed by atoms with Gasteiger partial charge >= 0.3 is 0 Å². The SMILES string of the molecule is CCCCc1ccc(NP(N)(=O)[O-])cc1O. The molecule has 90 valence electrons. The molecule has 0 radical (unpaired) electrons. The van der Waals surface area contributed by atoms with Crippen LogP contribution in [-0.2, 0) is 11.0 Å². The lowest BCUT2D eigenvalue weighted by molar-refractivity contribution is -0.173. The zero-order chi connectivity index (χ0) is 12.2. The molecule has 1 atom stereocenters. The highest BCUT2D eigenvalue weighted by Gasteiger charge is 2.04. The fourth-order valence-corrected chi connectivity index (χ4v) is 1.89. The lowest BCUT2D eigenvalue weighted by Crippen LogP contribution is -2.16. The molecule has 5 nitrogen and oxygen atoms in total. The minimum Gasteiger partial charge on any atom is -0.772 e. The molecule has 0 spiro atoms. The predicted molar refractivity (Wildman–Crippen MR) is 62.1 cm³/mol. The summed E-state index contributed by atoms with van der Waals surface area (Å²) in [7, 11) is -4.05. The Labute approximate surface area is 94.9 Å². The zero-order valence-electron chi connectivity index (χ0n) is 9.14. The van der Waals surface area contributed by atoms with E-state index in [1.807, 2.05) is 0 Å². The van der Waals surface area contributed by atoms with Crippen LogP contribution in [0.3, 0.4) is 0 Å². The van der Waals surface area contributed by atoms with Gasteiger partial charge < -0.3 is 15.1 Å². The van der Waals surface area contributed by atoms with Crippen LogP contribution >= 0.6 is 7.67 Å². The Morgan fingerprint density at radius 3 is 2.75 bits per heavy atom. The highest BCUT2D eigenvalue weighted by molar-refractivity contribution is 7.55. The Bertz CT molecular complexity index is 403. The Morgan fingerprint density at radius 2 is 2.25 bits per heavy atom. The minimum atomic E-state index is -4.05. The van der Waals surface area contributed by atoms with E-state index in [4.69, 9.17) is 5.50 Å². The monoisotopic (exact) mass is 243 g/mol. The molecule has 0 amide bonds. The Kier molecular flexibility index (Phi) is 4.35. The number of hydrogen-bond donors (Lipinski definition) is 3. The lowest BCUT2D eigenvalue weighted by atomic mass is 10.1. The van der Waals surface area contributed by atoms with Crippen molar-refractivity contribution in [3.8, 4) is 5.75 Å². The maximum atomic E-state index is 10.8. The van der Waals surface area contributed by atoms with Gasteiger partial charge in [-0.3, -0.25) is 10.1 Å². The highest BCUT2D eigenvalue weighted by atomic mass is 31.2. The number of hydrogen-bond acceptors (Lipinski definition) is 3. The normalized spacial score (nSPS) is 14.4. The summed E-state index contributed by atoms with van der Waals surface area (Å²) < 4.78 is 10.8. The fourth-order valence-electron chi connectivity index (χ4n) is 1.39. The molecule has 6 heteroatoms. The fraction of sp³-hybridized carbons (Fsp3) is 0.400. The number of phenolic OH excluding ortho intramolecular Hbond substituents is 1. The van der Waals surface area contributed by atoms with Gasteiger partial charge in [-0.1, -0.05) is 19.4 Å². The quantitative estimate of drug-likeness (QED) is 0.682. The van der Waals surface area contributed by atoms with Crippen LogP contribution in [0.2, 0.25) is 0 Å². The van der Waals surface area contributed by atoms with Gasteiger partial charge in [-0.25, -0.2) is 0 Å². The molecule has 0 aliphatic rings. The van der Waals surface area contributed by atoms with Gasteiger partial charge in [0.15, 0.2) is 7.67 Å². The number of aryl methyl sites for hydroxylation is 1. The van der Waals surface area contributed by atoms with Gasteiger partial charge in [0.1, 0.15) is 5.75 Å². The largest absolute Gasteiger partial charge is 0.772 e. The Hall–Kier alpha value is -1.03. The molecule has 0 fully saturated rings. The van der Waals surface area contributed by atoms with E-state index in [2.05, 4.69) is 12.0 Å². The smallest absolute Gasteiger partial charge is 0.165 e. The number of nitrogens with two attached hydrogens (primary N) is 1. The molecule has 1 aromatic rings. The van der Waals surface area contributed by atoms with E-state index in [9.17, 15) is 14.6 Å². The topological polar surface area (TPSA) is 98.4 Å². The second kappa shape index (κ2) is 5.34. The van der Waals surface area contributed by atoms with Crippen molar-refractivity contribution in [2.45, 2.75) is 26.2 Å². The summed E-state index contributed by atoms with van der Waals surface area (Å²) in [6, 6.07) is 4.65. The molecular formula is C10H16N2O3P-. The maximum Gasteiger partial charge on any atom is 0.165 e. The van der Waals surface area contributed by atoms with Crippen LogP contribution in [0.4, 0.5) is 5.69 Å². The van der Waals surface area contributed by atoms with E-state index in [1.165, 1.54) is 6.07 Å². The lowest BCUT2D eigenvalue weighted by Gasteiger charge is -2.20. The number of benzene rings is 1. The van der Waals surface area contributed by atoms with Crippen LogP contribution in [0.25, 0.3) is 0 Å². The Balaban J connectivity index is 2.78. The van der Waals surface area contributed by atoms with E-state index in [-0.39, 0.29) is 11.4 Å². The number of aromatic hydroxyl groups is 1. The standard InChI is InChI=1S/C10H17N2O3P/c1-2-3-4-8-5-6-9(7-10(8)13)12-16(11,14)15/h5-7,13H,2-4H2,1H3,(H4,11,12,14,15)/p-1. The van der Waals surface area contributed by atoms with Crippen LogP contribution in [0.1, 0.15) is 25.3 Å². The molecule has 1 rings (SSSR count). The zero-order valence-corrected chi connectivity index (χ0v) is 10.0. The van der Waals surface area contributed by atoms with E-state index < -0.39 is 7.67 Å². The molecule has 1 unspecified atom stereocenters. The molecular weight excluding hydrogens is 227 g/mol. The van der Waals surface area contributed by atoms with Crippen molar-refractivity contribution in [2.24, 2.45) is 5.50 Å². The average molecular weight is 243 g/mol. The molecule has 0 bridgehead atoms. The summed E-state index contributed by atoms with van der Waals surface area (Å²) in [6.07, 6.45) is 2.80. The summed E-state index contributed by atoms with van der Waals surface area (Å²) in [5.74, 6) is 0.0897. The highest BCUT2D eigenvalue weighted by Crippen LogP contribution is 2.30. The molecule has 0 aliphatic heterocycles. The van der Waals surface area contributed by atoms with Crippen molar-refractivity contribution in [3.05, 3.63) is 23.8 Å². The molecule has 4 N–H and O–H groups in total.